The summed E-state index contributed by atoms with van der Waals surface area (Å²) in [5.74, 6) is 0.780. The Kier molecular flexibility index (Phi) is 3.12. The number of pyridine rings is 1. The fraction of sp³-hybridized carbons (Fsp3) is 0.545. The number of hydrogen-bond acceptors (Lipinski definition) is 5. The topological polar surface area (TPSA) is 85.3 Å². The van der Waals surface area contributed by atoms with Crippen molar-refractivity contribution in [2.45, 2.75) is 31.7 Å². The monoisotopic (exact) mass is 236 g/mol. The Balaban J connectivity index is 2.27. The molecule has 0 unspecified atom stereocenters. The van der Waals surface area contributed by atoms with Crippen molar-refractivity contribution >= 4 is 17.3 Å². The van der Waals surface area contributed by atoms with Gasteiger partial charge in [0, 0.05) is 13.1 Å². The molecule has 0 radical (unpaired) electrons. The van der Waals surface area contributed by atoms with E-state index >= 15 is 0 Å². The van der Waals surface area contributed by atoms with E-state index in [9.17, 15) is 10.1 Å². The molecule has 1 aromatic rings. The highest BCUT2D eigenvalue weighted by Gasteiger charge is 2.22. The molecule has 0 saturated heterocycles. The molecule has 1 aromatic heterocycles. The fourth-order valence-electron chi connectivity index (χ4n) is 2.29. The average molecular weight is 236 g/mol. The lowest BCUT2D eigenvalue weighted by atomic mass is 10.2. The highest BCUT2D eigenvalue weighted by Crippen LogP contribution is 2.28. The first-order chi connectivity index (χ1) is 8.08. The first kappa shape index (κ1) is 11.6. The molecule has 0 aromatic carbocycles. The summed E-state index contributed by atoms with van der Waals surface area (Å²) in [7, 11) is 1.92. The summed E-state index contributed by atoms with van der Waals surface area (Å²) < 4.78 is 0. The van der Waals surface area contributed by atoms with Gasteiger partial charge in [-0.05, 0) is 12.8 Å². The molecule has 2 rings (SSSR count). The van der Waals surface area contributed by atoms with Crippen molar-refractivity contribution in [2.75, 3.05) is 17.7 Å². The first-order valence-electron chi connectivity index (χ1n) is 5.72. The Morgan fingerprint density at radius 1 is 1.47 bits per heavy atom. The van der Waals surface area contributed by atoms with E-state index in [0.717, 1.165) is 12.8 Å². The maximum Gasteiger partial charge on any atom is 0.276 e. The molecule has 1 aliphatic rings. The Bertz CT molecular complexity index is 429. The zero-order valence-electron chi connectivity index (χ0n) is 9.80. The van der Waals surface area contributed by atoms with E-state index in [4.69, 9.17) is 5.73 Å². The van der Waals surface area contributed by atoms with Gasteiger partial charge in [0.1, 0.15) is 11.6 Å². The molecule has 0 bridgehead atoms. The van der Waals surface area contributed by atoms with Crippen LogP contribution in [0.2, 0.25) is 0 Å². The van der Waals surface area contributed by atoms with Crippen molar-refractivity contribution in [1.29, 1.82) is 0 Å². The lowest BCUT2D eigenvalue weighted by Gasteiger charge is -2.25. The zero-order valence-corrected chi connectivity index (χ0v) is 9.80. The van der Waals surface area contributed by atoms with Crippen molar-refractivity contribution < 1.29 is 4.92 Å². The van der Waals surface area contributed by atoms with Crippen molar-refractivity contribution in [1.82, 2.24) is 4.98 Å². The van der Waals surface area contributed by atoms with Crippen LogP contribution in [0, 0.1) is 10.1 Å². The maximum absolute atomic E-state index is 10.8. The SMILES string of the molecule is CN(c1cc([N+](=O)[O-])cc(N)n1)C1CCCC1. The van der Waals surface area contributed by atoms with Crippen LogP contribution in [-0.2, 0) is 0 Å². The number of aromatic nitrogens is 1. The van der Waals surface area contributed by atoms with Gasteiger partial charge in [-0.2, -0.15) is 0 Å². The second-order valence-electron chi connectivity index (χ2n) is 4.41. The van der Waals surface area contributed by atoms with Crippen molar-refractivity contribution in [2.24, 2.45) is 0 Å². The van der Waals surface area contributed by atoms with E-state index in [0.29, 0.717) is 11.9 Å². The summed E-state index contributed by atoms with van der Waals surface area (Å²) in [5.41, 5.74) is 5.59. The van der Waals surface area contributed by atoms with Gasteiger partial charge in [-0.1, -0.05) is 12.8 Å². The van der Waals surface area contributed by atoms with Crippen LogP contribution >= 0.6 is 0 Å². The normalized spacial score (nSPS) is 16.1. The van der Waals surface area contributed by atoms with Crippen LogP contribution in [0.3, 0.4) is 0 Å². The van der Waals surface area contributed by atoms with Gasteiger partial charge in [0.2, 0.25) is 0 Å². The standard InChI is InChI=1S/C11H16N4O2/c1-14(8-4-2-3-5-8)11-7-9(15(16)17)6-10(12)13-11/h6-8H,2-5H2,1H3,(H2,12,13). The quantitative estimate of drug-likeness (QED) is 0.640. The number of nitrogen functional groups attached to an aromatic ring is 1. The summed E-state index contributed by atoms with van der Waals surface area (Å²) in [6.45, 7) is 0. The third kappa shape index (κ3) is 2.46. The van der Waals surface area contributed by atoms with Crippen LogP contribution in [0.4, 0.5) is 17.3 Å². The summed E-state index contributed by atoms with van der Waals surface area (Å²) >= 11 is 0. The van der Waals surface area contributed by atoms with Crippen LogP contribution in [-0.4, -0.2) is 23.0 Å². The molecule has 1 aliphatic carbocycles. The predicted molar refractivity (Wildman–Crippen MR) is 66.0 cm³/mol. The summed E-state index contributed by atoms with van der Waals surface area (Å²) in [4.78, 5) is 16.5. The highest BCUT2D eigenvalue weighted by molar-refractivity contribution is 5.54. The molecule has 92 valence electrons. The number of anilines is 2. The van der Waals surface area contributed by atoms with Crippen LogP contribution in [0.1, 0.15) is 25.7 Å². The van der Waals surface area contributed by atoms with E-state index in [1.807, 2.05) is 11.9 Å². The van der Waals surface area contributed by atoms with E-state index < -0.39 is 4.92 Å². The largest absolute Gasteiger partial charge is 0.383 e. The lowest BCUT2D eigenvalue weighted by Crippen LogP contribution is -2.29. The molecule has 0 aliphatic heterocycles. The van der Waals surface area contributed by atoms with Gasteiger partial charge in [0.15, 0.2) is 0 Å². The van der Waals surface area contributed by atoms with Crippen LogP contribution in [0.15, 0.2) is 12.1 Å². The van der Waals surface area contributed by atoms with E-state index in [-0.39, 0.29) is 11.5 Å². The van der Waals surface area contributed by atoms with Gasteiger partial charge in [-0.15, -0.1) is 0 Å². The van der Waals surface area contributed by atoms with Gasteiger partial charge >= 0.3 is 0 Å². The molecule has 6 heteroatoms. The maximum atomic E-state index is 10.8. The second kappa shape index (κ2) is 4.57. The van der Waals surface area contributed by atoms with Gasteiger partial charge in [0.25, 0.3) is 5.69 Å². The van der Waals surface area contributed by atoms with Crippen molar-refractivity contribution in [3.8, 4) is 0 Å². The number of hydrogen-bond donors (Lipinski definition) is 1. The van der Waals surface area contributed by atoms with Crippen molar-refractivity contribution in [3.63, 3.8) is 0 Å². The molecular weight excluding hydrogens is 220 g/mol. The molecule has 2 N–H and O–H groups in total. The highest BCUT2D eigenvalue weighted by atomic mass is 16.6. The molecule has 1 saturated carbocycles. The van der Waals surface area contributed by atoms with E-state index in [1.54, 1.807) is 0 Å². The first-order valence-corrected chi connectivity index (χ1v) is 5.72. The summed E-state index contributed by atoms with van der Waals surface area (Å²) in [6, 6.07) is 3.18. The fourth-order valence-corrected chi connectivity index (χ4v) is 2.29. The van der Waals surface area contributed by atoms with Crippen molar-refractivity contribution in [3.05, 3.63) is 22.2 Å². The molecule has 17 heavy (non-hydrogen) atoms. The third-order valence-electron chi connectivity index (χ3n) is 3.26. The Labute approximate surface area is 99.6 Å². The van der Waals surface area contributed by atoms with E-state index in [2.05, 4.69) is 4.98 Å². The average Bonchev–Trinajstić information content (AvgIpc) is 2.80. The third-order valence-corrected chi connectivity index (χ3v) is 3.26. The molecule has 0 amide bonds. The minimum atomic E-state index is -0.440. The predicted octanol–water partition coefficient (Wildman–Crippen LogP) is 1.95. The van der Waals surface area contributed by atoms with Gasteiger partial charge < -0.3 is 10.6 Å². The van der Waals surface area contributed by atoms with Gasteiger partial charge in [-0.25, -0.2) is 4.98 Å². The Morgan fingerprint density at radius 3 is 2.71 bits per heavy atom. The minimum Gasteiger partial charge on any atom is -0.383 e. The van der Waals surface area contributed by atoms with Crippen LogP contribution in [0.5, 0.6) is 0 Å². The minimum absolute atomic E-state index is 0.00246. The summed E-state index contributed by atoms with van der Waals surface area (Å²) in [5, 5.41) is 10.8. The molecular formula is C11H16N4O2. The second-order valence-corrected chi connectivity index (χ2v) is 4.41. The molecule has 0 spiro atoms. The number of nitro groups is 1. The zero-order chi connectivity index (χ0) is 12.4. The number of nitrogens with two attached hydrogens (primary N) is 1. The Hall–Kier alpha value is -1.85. The smallest absolute Gasteiger partial charge is 0.276 e. The number of nitrogens with zero attached hydrogens (tertiary/aromatic N) is 3. The molecule has 1 fully saturated rings. The van der Waals surface area contributed by atoms with Gasteiger partial charge in [0.05, 0.1) is 17.1 Å². The van der Waals surface area contributed by atoms with Gasteiger partial charge in [-0.3, -0.25) is 10.1 Å². The Morgan fingerprint density at radius 2 is 2.12 bits per heavy atom. The molecule has 6 nitrogen and oxygen atoms in total. The number of rotatable bonds is 3. The lowest BCUT2D eigenvalue weighted by molar-refractivity contribution is -0.384. The summed E-state index contributed by atoms with van der Waals surface area (Å²) in [6.07, 6.45) is 4.64. The van der Waals surface area contributed by atoms with Crippen LogP contribution in [0.25, 0.3) is 0 Å². The molecule has 0 atom stereocenters. The van der Waals surface area contributed by atoms with Crippen LogP contribution < -0.4 is 10.6 Å². The van der Waals surface area contributed by atoms with E-state index in [1.165, 1.54) is 25.0 Å². The molecule has 1 heterocycles.